The lowest BCUT2D eigenvalue weighted by molar-refractivity contribution is -0.157. The van der Waals surface area contributed by atoms with Crippen LogP contribution in [0.5, 0.6) is 0 Å². The second-order valence-electron chi connectivity index (χ2n) is 8.42. The fourth-order valence-electron chi connectivity index (χ4n) is 2.57. The molecule has 0 aromatic rings. The monoisotopic (exact) mass is 342 g/mol. The third-order valence-corrected chi connectivity index (χ3v) is 3.56. The summed E-state index contributed by atoms with van der Waals surface area (Å²) in [6, 6.07) is -0.694. The van der Waals surface area contributed by atoms with Crippen LogP contribution in [0.15, 0.2) is 0 Å². The quantitative estimate of drug-likeness (QED) is 0.778. The van der Waals surface area contributed by atoms with Crippen LogP contribution in [0, 0.1) is 0 Å². The highest BCUT2D eigenvalue weighted by molar-refractivity contribution is 5.81. The van der Waals surface area contributed by atoms with Crippen molar-refractivity contribution in [2.24, 2.45) is 0 Å². The van der Waals surface area contributed by atoms with Crippen molar-refractivity contribution < 1.29 is 19.1 Å². The molecule has 0 aliphatic carbocycles. The lowest BCUT2D eigenvalue weighted by atomic mass is 10.1. The molecule has 6 heteroatoms. The van der Waals surface area contributed by atoms with Crippen LogP contribution in [-0.2, 0) is 14.3 Å². The Morgan fingerprint density at radius 3 is 2.00 bits per heavy atom. The largest absolute Gasteiger partial charge is 0.458 e. The summed E-state index contributed by atoms with van der Waals surface area (Å²) in [6.07, 6.45) is 3.58. The lowest BCUT2D eigenvalue weighted by Gasteiger charge is -2.29. The summed E-state index contributed by atoms with van der Waals surface area (Å²) >= 11 is 0. The maximum absolute atomic E-state index is 12.4. The van der Waals surface area contributed by atoms with E-state index in [1.54, 1.807) is 20.8 Å². The molecule has 1 aliphatic rings. The number of ether oxygens (including phenoxy) is 2. The molecule has 0 radical (unpaired) electrons. The smallest absolute Gasteiger partial charge is 0.408 e. The molecule has 1 aliphatic heterocycles. The zero-order valence-electron chi connectivity index (χ0n) is 16.1. The molecule has 24 heavy (non-hydrogen) atoms. The molecule has 1 rings (SSSR count). The summed E-state index contributed by atoms with van der Waals surface area (Å²) < 4.78 is 10.7. The average Bonchev–Trinajstić information content (AvgIpc) is 2.40. The van der Waals surface area contributed by atoms with Gasteiger partial charge in [0.05, 0.1) is 0 Å². The van der Waals surface area contributed by atoms with Gasteiger partial charge in [0.1, 0.15) is 17.2 Å². The minimum absolute atomic E-state index is 0.412. The molecule has 0 unspecified atom stereocenters. The van der Waals surface area contributed by atoms with Gasteiger partial charge in [0.25, 0.3) is 0 Å². The van der Waals surface area contributed by atoms with Gasteiger partial charge in [-0.25, -0.2) is 9.59 Å². The average molecular weight is 342 g/mol. The molecule has 1 atom stereocenters. The maximum Gasteiger partial charge on any atom is 0.408 e. The number of nitrogens with one attached hydrogen (secondary N) is 1. The van der Waals surface area contributed by atoms with Gasteiger partial charge in [-0.2, -0.15) is 0 Å². The zero-order chi connectivity index (χ0) is 18.4. The van der Waals surface area contributed by atoms with Crippen LogP contribution in [0.2, 0.25) is 0 Å². The van der Waals surface area contributed by atoms with Crippen LogP contribution in [0.1, 0.15) is 67.2 Å². The van der Waals surface area contributed by atoms with E-state index in [9.17, 15) is 9.59 Å². The number of esters is 1. The van der Waals surface area contributed by atoms with Crippen LogP contribution < -0.4 is 5.32 Å². The number of nitrogens with zero attached hydrogens (tertiary/aromatic N) is 1. The molecule has 140 valence electrons. The van der Waals surface area contributed by atoms with E-state index < -0.39 is 29.3 Å². The number of amides is 1. The predicted octanol–water partition coefficient (Wildman–Crippen LogP) is 3.10. The van der Waals surface area contributed by atoms with E-state index in [2.05, 4.69) is 10.2 Å². The Bertz CT molecular complexity index is 418. The van der Waals surface area contributed by atoms with Crippen LogP contribution in [0.3, 0.4) is 0 Å². The van der Waals surface area contributed by atoms with Gasteiger partial charge in [0.15, 0.2) is 0 Å². The first kappa shape index (κ1) is 20.7. The van der Waals surface area contributed by atoms with E-state index in [1.807, 2.05) is 20.8 Å². The van der Waals surface area contributed by atoms with E-state index in [-0.39, 0.29) is 0 Å². The Hall–Kier alpha value is -1.30. The molecule has 1 N–H and O–H groups in total. The number of hydrogen-bond donors (Lipinski definition) is 1. The Morgan fingerprint density at radius 2 is 1.50 bits per heavy atom. The number of hydrogen-bond acceptors (Lipinski definition) is 5. The molecule has 6 nitrogen and oxygen atoms in total. The summed E-state index contributed by atoms with van der Waals surface area (Å²) in [6.45, 7) is 13.7. The van der Waals surface area contributed by atoms with Gasteiger partial charge in [-0.05, 0) is 73.9 Å². The summed E-state index contributed by atoms with van der Waals surface area (Å²) in [5.41, 5.74) is -1.19. The first-order chi connectivity index (χ1) is 11.0. The zero-order valence-corrected chi connectivity index (χ0v) is 16.1. The molecule has 1 amide bonds. The first-order valence-corrected chi connectivity index (χ1v) is 8.91. The third kappa shape index (κ3) is 9.11. The number of piperidine rings is 1. The van der Waals surface area contributed by atoms with Crippen molar-refractivity contribution in [3.63, 3.8) is 0 Å². The highest BCUT2D eigenvalue weighted by Gasteiger charge is 2.29. The molecule has 0 spiro atoms. The van der Waals surface area contributed by atoms with Crippen molar-refractivity contribution in [3.8, 4) is 0 Å². The van der Waals surface area contributed by atoms with Crippen molar-refractivity contribution in [1.29, 1.82) is 0 Å². The second kappa shape index (κ2) is 8.70. The van der Waals surface area contributed by atoms with E-state index >= 15 is 0 Å². The standard InChI is InChI=1S/C18H34N2O4/c1-17(2,3)23-15(21)14(19-16(22)24-18(4,5)6)10-13-20-11-8-7-9-12-20/h14H,7-13H2,1-6H3,(H,19,22)/t14-/m0/s1. The number of rotatable bonds is 5. The van der Waals surface area contributed by atoms with Crippen molar-refractivity contribution in [3.05, 3.63) is 0 Å². The van der Waals surface area contributed by atoms with Crippen LogP contribution in [0.4, 0.5) is 4.79 Å². The van der Waals surface area contributed by atoms with E-state index in [1.165, 1.54) is 19.3 Å². The Labute approximate surface area is 146 Å². The Balaban J connectivity index is 2.63. The van der Waals surface area contributed by atoms with Gasteiger partial charge in [-0.3, -0.25) is 0 Å². The van der Waals surface area contributed by atoms with Crippen LogP contribution in [-0.4, -0.2) is 53.8 Å². The summed E-state index contributed by atoms with van der Waals surface area (Å²) in [5.74, 6) is -0.412. The van der Waals surface area contributed by atoms with Gasteiger partial charge >= 0.3 is 12.1 Å². The minimum atomic E-state index is -0.694. The van der Waals surface area contributed by atoms with Crippen LogP contribution >= 0.6 is 0 Å². The Kier molecular flexibility index (Phi) is 7.52. The number of likely N-dealkylation sites (tertiary alicyclic amines) is 1. The maximum atomic E-state index is 12.4. The lowest BCUT2D eigenvalue weighted by Crippen LogP contribution is -2.47. The van der Waals surface area contributed by atoms with Gasteiger partial charge in [0, 0.05) is 6.54 Å². The molecular weight excluding hydrogens is 308 g/mol. The number of carbonyl (C=O) groups excluding carboxylic acids is 2. The predicted molar refractivity (Wildman–Crippen MR) is 93.9 cm³/mol. The summed E-state index contributed by atoms with van der Waals surface area (Å²) in [5, 5.41) is 2.67. The summed E-state index contributed by atoms with van der Waals surface area (Å²) in [4.78, 5) is 26.8. The molecule has 1 heterocycles. The molecule has 0 bridgehead atoms. The van der Waals surface area contributed by atoms with Crippen molar-refractivity contribution in [2.75, 3.05) is 19.6 Å². The van der Waals surface area contributed by atoms with Crippen molar-refractivity contribution in [2.45, 2.75) is 84.5 Å². The van der Waals surface area contributed by atoms with E-state index in [4.69, 9.17) is 9.47 Å². The van der Waals surface area contributed by atoms with Crippen molar-refractivity contribution >= 4 is 12.1 Å². The molecule has 0 aromatic heterocycles. The van der Waals surface area contributed by atoms with Crippen LogP contribution in [0.25, 0.3) is 0 Å². The topological polar surface area (TPSA) is 67.9 Å². The van der Waals surface area contributed by atoms with E-state index in [0.29, 0.717) is 6.42 Å². The van der Waals surface area contributed by atoms with E-state index in [0.717, 1.165) is 19.6 Å². The second-order valence-corrected chi connectivity index (χ2v) is 8.42. The third-order valence-electron chi connectivity index (χ3n) is 3.56. The summed E-state index contributed by atoms with van der Waals surface area (Å²) in [7, 11) is 0. The number of alkyl carbamates (subject to hydrolysis) is 1. The highest BCUT2D eigenvalue weighted by atomic mass is 16.6. The fourth-order valence-corrected chi connectivity index (χ4v) is 2.57. The fraction of sp³-hybridized carbons (Fsp3) is 0.889. The van der Waals surface area contributed by atoms with Gasteiger partial charge in [-0.15, -0.1) is 0 Å². The Morgan fingerprint density at radius 1 is 0.958 bits per heavy atom. The molecular formula is C18H34N2O4. The highest BCUT2D eigenvalue weighted by Crippen LogP contribution is 2.14. The normalized spacial score (nSPS) is 17.9. The van der Waals surface area contributed by atoms with Crippen molar-refractivity contribution in [1.82, 2.24) is 10.2 Å². The van der Waals surface area contributed by atoms with Gasteiger partial charge in [0.2, 0.25) is 0 Å². The van der Waals surface area contributed by atoms with Gasteiger partial charge < -0.3 is 19.7 Å². The SMILES string of the molecule is CC(C)(C)OC(=O)N[C@@H](CCN1CCCCC1)C(=O)OC(C)(C)C. The number of carbonyl (C=O) groups is 2. The minimum Gasteiger partial charge on any atom is -0.458 e. The van der Waals surface area contributed by atoms with Gasteiger partial charge in [-0.1, -0.05) is 6.42 Å². The molecule has 1 fully saturated rings. The molecule has 0 saturated carbocycles. The molecule has 1 saturated heterocycles. The first-order valence-electron chi connectivity index (χ1n) is 8.91. The molecule has 0 aromatic carbocycles.